The Balaban J connectivity index is 2.30. The van der Waals surface area contributed by atoms with E-state index in [-0.39, 0.29) is 11.6 Å². The van der Waals surface area contributed by atoms with Crippen LogP contribution in [0.15, 0.2) is 22.3 Å². The van der Waals surface area contributed by atoms with E-state index in [0.717, 1.165) is 31.6 Å². The Morgan fingerprint density at radius 2 is 1.15 bits per heavy atom. The lowest BCUT2D eigenvalue weighted by atomic mass is 9.81. The molecule has 1 rings (SSSR count). The Hall–Kier alpha value is -1.26. The van der Waals surface area contributed by atoms with Gasteiger partial charge in [0.1, 0.15) is 0 Å². The number of aliphatic hydroxyl groups excluding tert-OH is 1. The average Bonchev–Trinajstić information content (AvgIpc) is 2.76. The van der Waals surface area contributed by atoms with Crippen molar-refractivity contribution in [2.75, 3.05) is 6.61 Å². The van der Waals surface area contributed by atoms with Crippen LogP contribution < -0.4 is 0 Å². The van der Waals surface area contributed by atoms with E-state index >= 15 is 0 Å². The van der Waals surface area contributed by atoms with Gasteiger partial charge in [0, 0.05) is 28.9 Å². The third-order valence-corrected chi connectivity index (χ3v) is 7.74. The predicted molar refractivity (Wildman–Crippen MR) is 137 cm³/mol. The molecule has 0 amide bonds. The van der Waals surface area contributed by atoms with Crippen LogP contribution in [0.4, 0.5) is 0 Å². The Kier molecular flexibility index (Phi) is 12.8. The van der Waals surface area contributed by atoms with E-state index in [1.165, 1.54) is 32.1 Å². The normalized spacial score (nSPS) is 19.7. The Labute approximate surface area is 202 Å². The van der Waals surface area contributed by atoms with Crippen LogP contribution in [0, 0.1) is 17.8 Å². The summed E-state index contributed by atoms with van der Waals surface area (Å²) in [5.41, 5.74) is 1.40. The van der Waals surface area contributed by atoms with Crippen LogP contribution >= 0.6 is 0 Å². The summed E-state index contributed by atoms with van der Waals surface area (Å²) < 4.78 is 0. The van der Waals surface area contributed by atoms with Gasteiger partial charge in [-0.1, -0.05) is 65.7 Å². The molecule has 0 bridgehead atoms. The van der Waals surface area contributed by atoms with E-state index < -0.39 is 5.60 Å². The zero-order valence-corrected chi connectivity index (χ0v) is 22.4. The third kappa shape index (κ3) is 10.3. The van der Waals surface area contributed by atoms with Gasteiger partial charge >= 0.3 is 0 Å². The first-order valence-electron chi connectivity index (χ1n) is 13.2. The van der Waals surface area contributed by atoms with Gasteiger partial charge in [-0.05, 0) is 71.1 Å². The van der Waals surface area contributed by atoms with Gasteiger partial charge in [0.25, 0.3) is 0 Å². The summed E-state index contributed by atoms with van der Waals surface area (Å²) in [5.74, 6) is 1.75. The summed E-state index contributed by atoms with van der Waals surface area (Å²) in [5, 5.41) is 20.0. The lowest BCUT2D eigenvalue weighted by Gasteiger charge is -2.26. The van der Waals surface area contributed by atoms with Crippen LogP contribution in [0.3, 0.4) is 0 Å². The second-order valence-electron chi connectivity index (χ2n) is 11.3. The summed E-state index contributed by atoms with van der Waals surface area (Å²) in [7, 11) is 0. The zero-order chi connectivity index (χ0) is 25.2. The molecule has 1 unspecified atom stereocenters. The molecule has 0 fully saturated rings. The molecule has 0 radical (unpaired) electrons. The van der Waals surface area contributed by atoms with E-state index in [4.69, 9.17) is 5.11 Å². The van der Waals surface area contributed by atoms with Crippen LogP contribution in [0.1, 0.15) is 119 Å². The van der Waals surface area contributed by atoms with E-state index in [9.17, 15) is 14.7 Å². The van der Waals surface area contributed by atoms with Crippen molar-refractivity contribution in [3.05, 3.63) is 22.3 Å². The molecule has 0 aromatic carbocycles. The second kappa shape index (κ2) is 14.2. The summed E-state index contributed by atoms with van der Waals surface area (Å²) in [6, 6.07) is 0. The van der Waals surface area contributed by atoms with E-state index in [1.807, 2.05) is 6.92 Å². The highest BCUT2D eigenvalue weighted by Crippen LogP contribution is 2.31. The number of hydrogen-bond acceptors (Lipinski definition) is 4. The molecule has 0 saturated carbocycles. The summed E-state index contributed by atoms with van der Waals surface area (Å²) >= 11 is 0. The number of Topliss-reactive ketones (excluding diaryl/α,β-unsaturated/α-hetero) is 2. The molecule has 33 heavy (non-hydrogen) atoms. The number of carbonyl (C=O) groups excluding carboxylic acids is 2. The molecule has 1 aliphatic carbocycles. The van der Waals surface area contributed by atoms with Crippen LogP contribution in [-0.2, 0) is 9.59 Å². The molecule has 0 aromatic heterocycles. The zero-order valence-electron chi connectivity index (χ0n) is 22.4. The van der Waals surface area contributed by atoms with Crippen LogP contribution in [-0.4, -0.2) is 34.0 Å². The number of ketones is 2. The molecule has 4 atom stereocenters. The van der Waals surface area contributed by atoms with E-state index in [1.54, 1.807) is 20.8 Å². The van der Waals surface area contributed by atoms with Crippen molar-refractivity contribution in [3.8, 4) is 0 Å². The smallest absolute Gasteiger partial charge is 0.185 e. The first-order chi connectivity index (χ1) is 15.4. The molecule has 4 heteroatoms. The highest BCUT2D eigenvalue weighted by molar-refractivity contribution is 6.24. The standard InChI is InChI=1S/C29H50O4/c1-20(13-9-14-22(3)19-30)11-8-12-21(2)15-10-17-29(7,33)18-16-26-25(6)27(31)23(4)24(5)28(26)32/h20-22,30,33H,8-19H2,1-7H3/t20-,21+,22?,29+/m0/s1. The topological polar surface area (TPSA) is 74.6 Å². The fourth-order valence-corrected chi connectivity index (χ4v) is 4.82. The number of aliphatic hydroxyl groups is 2. The maximum absolute atomic E-state index is 12.6. The Morgan fingerprint density at radius 3 is 1.67 bits per heavy atom. The number of rotatable bonds is 16. The van der Waals surface area contributed by atoms with Crippen molar-refractivity contribution in [1.82, 2.24) is 0 Å². The first kappa shape index (κ1) is 29.8. The molecule has 0 aromatic rings. The van der Waals surface area contributed by atoms with Crippen molar-refractivity contribution in [3.63, 3.8) is 0 Å². The van der Waals surface area contributed by atoms with Gasteiger partial charge in [-0.15, -0.1) is 0 Å². The Bertz CT molecular complexity index is 713. The summed E-state index contributed by atoms with van der Waals surface area (Å²) in [6.45, 7) is 14.1. The lowest BCUT2D eigenvalue weighted by Crippen LogP contribution is -2.27. The minimum atomic E-state index is -0.819. The van der Waals surface area contributed by atoms with Crippen molar-refractivity contribution in [2.24, 2.45) is 17.8 Å². The molecule has 4 nitrogen and oxygen atoms in total. The highest BCUT2D eigenvalue weighted by Gasteiger charge is 2.29. The SMILES string of the molecule is CC1=C(C)C(=O)C(CC[C@](C)(O)CCC[C@H](C)CCC[C@H](C)CCCC(C)CO)=C(C)C1=O. The molecule has 0 aliphatic heterocycles. The van der Waals surface area contributed by atoms with Gasteiger partial charge in [-0.2, -0.15) is 0 Å². The van der Waals surface area contributed by atoms with Gasteiger partial charge in [-0.3, -0.25) is 9.59 Å². The predicted octanol–water partition coefficient (Wildman–Crippen LogP) is 6.73. The van der Waals surface area contributed by atoms with E-state index in [0.29, 0.717) is 53.6 Å². The Morgan fingerprint density at radius 1 is 0.697 bits per heavy atom. The van der Waals surface area contributed by atoms with Crippen molar-refractivity contribution < 1.29 is 19.8 Å². The number of allylic oxidation sites excluding steroid dienone is 4. The molecule has 0 saturated heterocycles. The van der Waals surface area contributed by atoms with Crippen LogP contribution in [0.2, 0.25) is 0 Å². The third-order valence-electron chi connectivity index (χ3n) is 7.74. The first-order valence-corrected chi connectivity index (χ1v) is 13.2. The minimum Gasteiger partial charge on any atom is -0.396 e. The molecular formula is C29H50O4. The van der Waals surface area contributed by atoms with Crippen molar-refractivity contribution >= 4 is 11.6 Å². The van der Waals surface area contributed by atoms with Crippen LogP contribution in [0.25, 0.3) is 0 Å². The molecule has 190 valence electrons. The molecular weight excluding hydrogens is 412 g/mol. The van der Waals surface area contributed by atoms with Gasteiger partial charge in [0.2, 0.25) is 0 Å². The maximum Gasteiger partial charge on any atom is 0.185 e. The molecule has 2 N–H and O–H groups in total. The summed E-state index contributed by atoms with van der Waals surface area (Å²) in [4.78, 5) is 24.9. The summed E-state index contributed by atoms with van der Waals surface area (Å²) in [6.07, 6.45) is 11.1. The fraction of sp³-hybridized carbons (Fsp3) is 0.793. The highest BCUT2D eigenvalue weighted by atomic mass is 16.3. The van der Waals surface area contributed by atoms with Gasteiger partial charge < -0.3 is 10.2 Å². The van der Waals surface area contributed by atoms with Crippen LogP contribution in [0.5, 0.6) is 0 Å². The second-order valence-corrected chi connectivity index (χ2v) is 11.3. The van der Waals surface area contributed by atoms with Gasteiger partial charge in [-0.25, -0.2) is 0 Å². The average molecular weight is 463 g/mol. The quantitative estimate of drug-likeness (QED) is 0.249. The molecule has 0 heterocycles. The fourth-order valence-electron chi connectivity index (χ4n) is 4.82. The van der Waals surface area contributed by atoms with Gasteiger partial charge in [0.05, 0.1) is 5.60 Å². The lowest BCUT2D eigenvalue weighted by molar-refractivity contribution is -0.116. The minimum absolute atomic E-state index is 0.0360. The van der Waals surface area contributed by atoms with Crippen molar-refractivity contribution in [1.29, 1.82) is 0 Å². The van der Waals surface area contributed by atoms with Crippen molar-refractivity contribution in [2.45, 2.75) is 125 Å². The molecule has 0 spiro atoms. The van der Waals surface area contributed by atoms with E-state index in [2.05, 4.69) is 20.8 Å². The monoisotopic (exact) mass is 462 g/mol. The molecule has 1 aliphatic rings. The van der Waals surface area contributed by atoms with Gasteiger partial charge in [0.15, 0.2) is 11.6 Å². The number of carbonyl (C=O) groups is 2. The largest absolute Gasteiger partial charge is 0.396 e. The maximum atomic E-state index is 12.6. The number of hydrogen-bond donors (Lipinski definition) is 2.